The van der Waals surface area contributed by atoms with Crippen molar-refractivity contribution in [2.45, 2.75) is 5.88 Å². The predicted octanol–water partition coefficient (Wildman–Crippen LogP) is 1.90. The highest BCUT2D eigenvalue weighted by Gasteiger charge is 2.01. The van der Waals surface area contributed by atoms with E-state index in [-0.39, 0.29) is 0 Å². The van der Waals surface area contributed by atoms with E-state index in [9.17, 15) is 0 Å². The Balaban J connectivity index is 2.57. The number of halogens is 1. The molecule has 0 saturated carbocycles. The van der Waals surface area contributed by atoms with Gasteiger partial charge in [0, 0.05) is 32.8 Å². The SMILES string of the molecule is COCCN(C)c1ccc(CCl)cn1. The topological polar surface area (TPSA) is 25.4 Å². The van der Waals surface area contributed by atoms with Crippen molar-refractivity contribution in [2.24, 2.45) is 0 Å². The lowest BCUT2D eigenvalue weighted by Gasteiger charge is -2.17. The highest BCUT2D eigenvalue weighted by atomic mass is 35.5. The molecule has 0 aliphatic carbocycles. The summed E-state index contributed by atoms with van der Waals surface area (Å²) in [7, 11) is 3.68. The third kappa shape index (κ3) is 3.16. The van der Waals surface area contributed by atoms with Gasteiger partial charge in [-0.05, 0) is 11.6 Å². The smallest absolute Gasteiger partial charge is 0.128 e. The molecular formula is C10H15ClN2O. The van der Waals surface area contributed by atoms with Crippen LogP contribution in [0.15, 0.2) is 18.3 Å². The molecule has 1 aromatic rings. The van der Waals surface area contributed by atoms with Crippen LogP contribution in [0.1, 0.15) is 5.56 Å². The van der Waals surface area contributed by atoms with Crippen LogP contribution < -0.4 is 4.90 Å². The first-order chi connectivity index (χ1) is 6.77. The minimum absolute atomic E-state index is 0.509. The van der Waals surface area contributed by atoms with E-state index in [2.05, 4.69) is 4.98 Å². The van der Waals surface area contributed by atoms with Gasteiger partial charge in [0.05, 0.1) is 6.61 Å². The van der Waals surface area contributed by atoms with Crippen LogP contribution in [0.4, 0.5) is 5.82 Å². The number of anilines is 1. The van der Waals surface area contributed by atoms with Crippen molar-refractivity contribution in [3.05, 3.63) is 23.9 Å². The quantitative estimate of drug-likeness (QED) is 0.701. The molecule has 3 nitrogen and oxygen atoms in total. The van der Waals surface area contributed by atoms with Crippen molar-refractivity contribution in [2.75, 3.05) is 32.2 Å². The molecule has 0 aromatic carbocycles. The zero-order chi connectivity index (χ0) is 10.4. The molecule has 1 aromatic heterocycles. The Morgan fingerprint density at radius 2 is 2.29 bits per heavy atom. The summed E-state index contributed by atoms with van der Waals surface area (Å²) in [6, 6.07) is 3.95. The molecule has 0 unspecified atom stereocenters. The molecule has 0 fully saturated rings. The largest absolute Gasteiger partial charge is 0.383 e. The Kier molecular flexibility index (Phi) is 4.70. The number of pyridine rings is 1. The van der Waals surface area contributed by atoms with Gasteiger partial charge in [-0.15, -0.1) is 11.6 Å². The molecule has 0 atom stereocenters. The molecule has 0 bridgehead atoms. The van der Waals surface area contributed by atoms with E-state index in [1.54, 1.807) is 13.3 Å². The molecule has 1 heterocycles. The summed E-state index contributed by atoms with van der Waals surface area (Å²) < 4.78 is 4.99. The molecule has 0 saturated heterocycles. The van der Waals surface area contributed by atoms with Crippen LogP contribution >= 0.6 is 11.6 Å². The first-order valence-corrected chi connectivity index (χ1v) is 5.02. The standard InChI is InChI=1S/C10H15ClN2O/c1-13(5-6-14-2)10-4-3-9(7-11)8-12-10/h3-4,8H,5-7H2,1-2H3. The van der Waals surface area contributed by atoms with E-state index in [0.29, 0.717) is 12.5 Å². The lowest BCUT2D eigenvalue weighted by Crippen LogP contribution is -2.22. The van der Waals surface area contributed by atoms with Gasteiger partial charge < -0.3 is 9.64 Å². The Hall–Kier alpha value is -0.800. The summed E-state index contributed by atoms with van der Waals surface area (Å²) in [5.41, 5.74) is 1.04. The van der Waals surface area contributed by atoms with Crippen LogP contribution in [0.25, 0.3) is 0 Å². The fraction of sp³-hybridized carbons (Fsp3) is 0.500. The summed E-state index contributed by atoms with van der Waals surface area (Å²) in [6.45, 7) is 1.54. The molecule has 0 aliphatic heterocycles. The van der Waals surface area contributed by atoms with Crippen LogP contribution in [0.2, 0.25) is 0 Å². The molecule has 14 heavy (non-hydrogen) atoms. The number of nitrogens with zero attached hydrogens (tertiary/aromatic N) is 2. The maximum atomic E-state index is 5.67. The second-order valence-electron chi connectivity index (χ2n) is 3.07. The van der Waals surface area contributed by atoms with Crippen LogP contribution in [-0.4, -0.2) is 32.3 Å². The minimum Gasteiger partial charge on any atom is -0.383 e. The highest BCUT2D eigenvalue weighted by molar-refractivity contribution is 6.17. The maximum Gasteiger partial charge on any atom is 0.128 e. The average Bonchev–Trinajstić information content (AvgIpc) is 2.26. The van der Waals surface area contributed by atoms with Gasteiger partial charge >= 0.3 is 0 Å². The highest BCUT2D eigenvalue weighted by Crippen LogP contribution is 2.10. The average molecular weight is 215 g/mol. The van der Waals surface area contributed by atoms with Crippen molar-refractivity contribution in [1.82, 2.24) is 4.98 Å². The number of likely N-dealkylation sites (N-methyl/N-ethyl adjacent to an activating group) is 1. The molecule has 0 amide bonds. The fourth-order valence-electron chi connectivity index (χ4n) is 1.06. The second kappa shape index (κ2) is 5.83. The van der Waals surface area contributed by atoms with E-state index in [1.165, 1.54) is 0 Å². The van der Waals surface area contributed by atoms with Gasteiger partial charge in [0.15, 0.2) is 0 Å². The molecular weight excluding hydrogens is 200 g/mol. The van der Waals surface area contributed by atoms with Gasteiger partial charge in [-0.3, -0.25) is 0 Å². The number of methoxy groups -OCH3 is 1. The third-order valence-corrected chi connectivity index (χ3v) is 2.29. The van der Waals surface area contributed by atoms with Crippen molar-refractivity contribution >= 4 is 17.4 Å². The lowest BCUT2D eigenvalue weighted by atomic mass is 10.3. The summed E-state index contributed by atoms with van der Waals surface area (Å²) in [6.07, 6.45) is 1.80. The van der Waals surface area contributed by atoms with E-state index >= 15 is 0 Å². The monoisotopic (exact) mass is 214 g/mol. The minimum atomic E-state index is 0.509. The van der Waals surface area contributed by atoms with E-state index in [0.717, 1.165) is 17.9 Å². The number of alkyl halides is 1. The fourth-order valence-corrected chi connectivity index (χ4v) is 1.22. The first-order valence-electron chi connectivity index (χ1n) is 4.49. The van der Waals surface area contributed by atoms with Gasteiger partial charge in [0.1, 0.15) is 5.82 Å². The van der Waals surface area contributed by atoms with Crippen LogP contribution in [0.5, 0.6) is 0 Å². The predicted molar refractivity (Wildman–Crippen MR) is 58.9 cm³/mol. The summed E-state index contributed by atoms with van der Waals surface area (Å²) >= 11 is 5.67. The normalized spacial score (nSPS) is 10.2. The Labute approximate surface area is 89.7 Å². The molecule has 4 heteroatoms. The van der Waals surface area contributed by atoms with Gasteiger partial charge in [0.2, 0.25) is 0 Å². The van der Waals surface area contributed by atoms with Crippen molar-refractivity contribution < 1.29 is 4.74 Å². The van der Waals surface area contributed by atoms with Crippen molar-refractivity contribution in [3.63, 3.8) is 0 Å². The van der Waals surface area contributed by atoms with Crippen LogP contribution in [-0.2, 0) is 10.6 Å². The van der Waals surface area contributed by atoms with Gasteiger partial charge in [0.25, 0.3) is 0 Å². The third-order valence-electron chi connectivity index (χ3n) is 1.99. The van der Waals surface area contributed by atoms with E-state index in [1.807, 2.05) is 24.1 Å². The zero-order valence-electron chi connectivity index (χ0n) is 8.53. The van der Waals surface area contributed by atoms with E-state index in [4.69, 9.17) is 16.3 Å². The second-order valence-corrected chi connectivity index (χ2v) is 3.34. The molecule has 0 radical (unpaired) electrons. The first kappa shape index (κ1) is 11.3. The van der Waals surface area contributed by atoms with Crippen LogP contribution in [0.3, 0.4) is 0 Å². The lowest BCUT2D eigenvalue weighted by molar-refractivity contribution is 0.206. The van der Waals surface area contributed by atoms with Gasteiger partial charge in [-0.25, -0.2) is 4.98 Å². The summed E-state index contributed by atoms with van der Waals surface area (Å²) in [5, 5.41) is 0. The Morgan fingerprint density at radius 1 is 1.50 bits per heavy atom. The molecule has 0 aliphatic rings. The number of hydrogen-bond donors (Lipinski definition) is 0. The zero-order valence-corrected chi connectivity index (χ0v) is 9.29. The Morgan fingerprint density at radius 3 is 2.79 bits per heavy atom. The van der Waals surface area contributed by atoms with Crippen molar-refractivity contribution in [3.8, 4) is 0 Å². The van der Waals surface area contributed by atoms with Crippen molar-refractivity contribution in [1.29, 1.82) is 0 Å². The number of ether oxygens (including phenoxy) is 1. The molecule has 1 rings (SSSR count). The van der Waals surface area contributed by atoms with Gasteiger partial charge in [-0.1, -0.05) is 6.07 Å². The number of hydrogen-bond acceptors (Lipinski definition) is 3. The number of rotatable bonds is 5. The Bertz CT molecular complexity index is 263. The van der Waals surface area contributed by atoms with Crippen LogP contribution in [0, 0.1) is 0 Å². The molecule has 78 valence electrons. The summed E-state index contributed by atoms with van der Waals surface area (Å²) in [4.78, 5) is 6.33. The molecule has 0 N–H and O–H groups in total. The maximum absolute atomic E-state index is 5.67. The van der Waals surface area contributed by atoms with Gasteiger partial charge in [-0.2, -0.15) is 0 Å². The number of aromatic nitrogens is 1. The summed E-state index contributed by atoms with van der Waals surface area (Å²) in [5.74, 6) is 1.45. The van der Waals surface area contributed by atoms with E-state index < -0.39 is 0 Å². The molecule has 0 spiro atoms.